The Hall–Kier alpha value is -3.60. The Balaban J connectivity index is 1.89. The van der Waals surface area contributed by atoms with Crippen LogP contribution in [0.15, 0.2) is 89.8 Å². The molecule has 0 spiro atoms. The Kier molecular flexibility index (Phi) is 6.50. The molecule has 0 aliphatic carbocycles. The average Bonchev–Trinajstić information content (AvgIpc) is 3.24. The minimum Gasteiger partial charge on any atom is -0.350 e. The molecule has 0 radical (unpaired) electrons. The number of nitrogens with two attached hydrogens (primary N) is 2. The van der Waals surface area contributed by atoms with Crippen LogP contribution in [-0.4, -0.2) is 24.6 Å². The molecule has 1 heterocycles. The van der Waals surface area contributed by atoms with Crippen LogP contribution >= 0.6 is 11.9 Å². The van der Waals surface area contributed by atoms with E-state index in [1.165, 1.54) is 10.4 Å². The summed E-state index contributed by atoms with van der Waals surface area (Å²) in [7, 11) is -4.06. The second-order valence-electron chi connectivity index (χ2n) is 7.10. The molecule has 8 nitrogen and oxygen atoms in total. The number of hydrogen-bond acceptors (Lipinski definition) is 5. The fraction of sp³-hybridized carbons (Fsp3) is 0.0435. The summed E-state index contributed by atoms with van der Waals surface area (Å²) in [6.07, 6.45) is 0. The molecular weight excluding hydrogens is 458 g/mol. The number of sulfonamides is 1. The lowest BCUT2D eigenvalue weighted by Crippen LogP contribution is -2.30. The van der Waals surface area contributed by atoms with Gasteiger partial charge in [-0.05, 0) is 23.6 Å². The van der Waals surface area contributed by atoms with Gasteiger partial charge in [-0.3, -0.25) is 5.10 Å². The van der Waals surface area contributed by atoms with Crippen LogP contribution in [0, 0.1) is 0 Å². The topological polar surface area (TPSA) is 135 Å². The summed E-state index contributed by atoms with van der Waals surface area (Å²) in [5.74, 6) is 0.645. The molecule has 4 aromatic rings. The van der Waals surface area contributed by atoms with Gasteiger partial charge >= 0.3 is 6.03 Å². The third-order valence-corrected chi connectivity index (χ3v) is 6.91. The Morgan fingerprint density at radius 3 is 2.18 bits per heavy atom. The Bertz CT molecular complexity index is 1370. The number of benzene rings is 3. The second kappa shape index (κ2) is 9.49. The average molecular weight is 480 g/mol. The van der Waals surface area contributed by atoms with Gasteiger partial charge in [-0.2, -0.15) is 5.10 Å². The van der Waals surface area contributed by atoms with Gasteiger partial charge in [-0.1, -0.05) is 78.9 Å². The smallest absolute Gasteiger partial charge is 0.330 e. The van der Waals surface area contributed by atoms with Crippen LogP contribution in [0.2, 0.25) is 0 Å². The lowest BCUT2D eigenvalue weighted by atomic mass is 10.0. The van der Waals surface area contributed by atoms with Gasteiger partial charge in [0.15, 0.2) is 5.82 Å². The van der Waals surface area contributed by atoms with E-state index in [-0.39, 0.29) is 10.7 Å². The third-order valence-electron chi connectivity index (χ3n) is 4.87. The highest BCUT2D eigenvalue weighted by molar-refractivity contribution is 8.00. The summed E-state index contributed by atoms with van der Waals surface area (Å²) >= 11 is 1.16. The number of anilines is 1. The number of H-pyrrole nitrogens is 1. The van der Waals surface area contributed by atoms with Gasteiger partial charge in [0.25, 0.3) is 0 Å². The number of aromatic nitrogens is 2. The summed E-state index contributed by atoms with van der Waals surface area (Å²) in [4.78, 5) is 12.4. The summed E-state index contributed by atoms with van der Waals surface area (Å²) in [5, 5.41) is 12.8. The molecule has 1 aromatic heterocycles. The molecule has 0 saturated heterocycles. The molecule has 3 aromatic carbocycles. The SMILES string of the molecule is NC(=O)N(SCc1ccccc1)c1n[nH]c(-c2ccccc2)c1-c1ccccc1S(N)(=O)=O. The third kappa shape index (κ3) is 4.92. The monoisotopic (exact) mass is 479 g/mol. The normalized spacial score (nSPS) is 11.3. The maximum atomic E-state index is 12.5. The van der Waals surface area contributed by atoms with Gasteiger partial charge in [0, 0.05) is 16.9 Å². The van der Waals surface area contributed by atoms with Gasteiger partial charge in [0.1, 0.15) is 0 Å². The van der Waals surface area contributed by atoms with Gasteiger partial charge in [0.2, 0.25) is 10.0 Å². The number of hydrogen-bond donors (Lipinski definition) is 3. The molecule has 4 rings (SSSR count). The number of amides is 2. The fourth-order valence-corrected chi connectivity index (χ4v) is 5.01. The first-order valence-electron chi connectivity index (χ1n) is 9.88. The highest BCUT2D eigenvalue weighted by Crippen LogP contribution is 2.42. The molecule has 168 valence electrons. The van der Waals surface area contributed by atoms with Crippen molar-refractivity contribution in [2.75, 3.05) is 4.31 Å². The van der Waals surface area contributed by atoms with Crippen LogP contribution in [-0.2, 0) is 15.8 Å². The number of primary sulfonamides is 1. The van der Waals surface area contributed by atoms with Crippen molar-refractivity contribution in [1.29, 1.82) is 0 Å². The highest BCUT2D eigenvalue weighted by Gasteiger charge is 2.28. The molecule has 5 N–H and O–H groups in total. The Morgan fingerprint density at radius 1 is 0.939 bits per heavy atom. The molecule has 2 amide bonds. The fourth-order valence-electron chi connectivity index (χ4n) is 3.41. The second-order valence-corrected chi connectivity index (χ2v) is 9.54. The van der Waals surface area contributed by atoms with Crippen molar-refractivity contribution in [3.63, 3.8) is 0 Å². The number of primary amides is 1. The highest BCUT2D eigenvalue weighted by atomic mass is 32.2. The zero-order chi connectivity index (χ0) is 23.4. The number of carbonyl (C=O) groups is 1. The van der Waals surface area contributed by atoms with Crippen molar-refractivity contribution in [2.45, 2.75) is 10.6 Å². The molecule has 0 atom stereocenters. The van der Waals surface area contributed by atoms with E-state index in [0.29, 0.717) is 22.6 Å². The van der Waals surface area contributed by atoms with Gasteiger partial charge in [0.05, 0.1) is 16.2 Å². The molecule has 0 bridgehead atoms. The predicted octanol–water partition coefficient (Wildman–Crippen LogP) is 4.12. The first-order chi connectivity index (χ1) is 15.9. The van der Waals surface area contributed by atoms with Gasteiger partial charge < -0.3 is 5.73 Å². The number of urea groups is 1. The van der Waals surface area contributed by atoms with Crippen molar-refractivity contribution >= 4 is 33.8 Å². The van der Waals surface area contributed by atoms with E-state index in [1.54, 1.807) is 18.2 Å². The van der Waals surface area contributed by atoms with E-state index in [2.05, 4.69) is 10.2 Å². The van der Waals surface area contributed by atoms with Crippen molar-refractivity contribution in [2.24, 2.45) is 10.9 Å². The number of aromatic amines is 1. The van der Waals surface area contributed by atoms with Crippen molar-refractivity contribution in [3.05, 3.63) is 90.5 Å². The minimum atomic E-state index is -4.06. The molecule has 0 unspecified atom stereocenters. The molecule has 0 aliphatic heterocycles. The van der Waals surface area contributed by atoms with Gasteiger partial charge in [-0.15, -0.1) is 0 Å². The zero-order valence-electron chi connectivity index (χ0n) is 17.4. The summed E-state index contributed by atoms with van der Waals surface area (Å²) < 4.78 is 26.0. The maximum Gasteiger partial charge on any atom is 0.330 e. The van der Waals surface area contributed by atoms with Crippen LogP contribution in [0.1, 0.15) is 5.56 Å². The quantitative estimate of drug-likeness (QED) is 0.343. The van der Waals surface area contributed by atoms with Gasteiger partial charge in [-0.25, -0.2) is 22.7 Å². The molecule has 0 saturated carbocycles. The van der Waals surface area contributed by atoms with E-state index in [0.717, 1.165) is 23.1 Å². The first kappa shape index (κ1) is 22.6. The molecular formula is C23H21N5O3S2. The van der Waals surface area contributed by atoms with Crippen LogP contribution in [0.25, 0.3) is 22.4 Å². The van der Waals surface area contributed by atoms with Crippen molar-refractivity contribution in [1.82, 2.24) is 10.2 Å². The molecule has 0 aliphatic rings. The lowest BCUT2D eigenvalue weighted by molar-refractivity contribution is 0.257. The van der Waals surface area contributed by atoms with Crippen molar-refractivity contribution in [3.8, 4) is 22.4 Å². The summed E-state index contributed by atoms with van der Waals surface area (Å²) in [6, 6.07) is 24.4. The summed E-state index contributed by atoms with van der Waals surface area (Å²) in [6.45, 7) is 0. The maximum absolute atomic E-state index is 12.5. The summed E-state index contributed by atoms with van der Waals surface area (Å²) in [5.41, 5.74) is 8.72. The Morgan fingerprint density at radius 2 is 1.55 bits per heavy atom. The van der Waals surface area contributed by atoms with E-state index >= 15 is 0 Å². The zero-order valence-corrected chi connectivity index (χ0v) is 19.0. The van der Waals surface area contributed by atoms with Crippen LogP contribution < -0.4 is 15.2 Å². The Labute approximate surface area is 195 Å². The van der Waals surface area contributed by atoms with Crippen LogP contribution in [0.5, 0.6) is 0 Å². The first-order valence-corrected chi connectivity index (χ1v) is 12.4. The minimum absolute atomic E-state index is 0.0812. The molecule has 10 heteroatoms. The van der Waals surface area contributed by atoms with E-state index in [1.807, 2.05) is 60.7 Å². The van der Waals surface area contributed by atoms with Crippen LogP contribution in [0.4, 0.5) is 10.6 Å². The largest absolute Gasteiger partial charge is 0.350 e. The van der Waals surface area contributed by atoms with E-state index in [4.69, 9.17) is 10.9 Å². The van der Waals surface area contributed by atoms with Crippen molar-refractivity contribution < 1.29 is 13.2 Å². The molecule has 33 heavy (non-hydrogen) atoms. The number of rotatable bonds is 7. The van der Waals surface area contributed by atoms with E-state index in [9.17, 15) is 13.2 Å². The number of nitrogens with zero attached hydrogens (tertiary/aromatic N) is 2. The van der Waals surface area contributed by atoms with Crippen LogP contribution in [0.3, 0.4) is 0 Å². The predicted molar refractivity (Wildman–Crippen MR) is 131 cm³/mol. The number of carbonyl (C=O) groups excluding carboxylic acids is 1. The lowest BCUT2D eigenvalue weighted by Gasteiger charge is -2.19. The van der Waals surface area contributed by atoms with E-state index < -0.39 is 16.1 Å². The molecule has 0 fully saturated rings. The standard InChI is InChI=1S/C23H21N5O3S2/c24-23(29)28(32-15-16-9-3-1-4-10-16)22-20(18-13-7-8-14-19(18)33(25,30)31)21(26-27-22)17-11-5-2-6-12-17/h1-14H,15H2,(H2,24,29)(H,26,27)(H2,25,30,31). The number of nitrogens with one attached hydrogen (secondary N) is 1.